The van der Waals surface area contributed by atoms with Crippen LogP contribution in [0.25, 0.3) is 0 Å². The molecule has 0 unspecified atom stereocenters. The number of rotatable bonds is 21. The number of halogens is 1. The molecule has 0 heterocycles. The Morgan fingerprint density at radius 3 is 1.40 bits per heavy atom. The van der Waals surface area contributed by atoms with Gasteiger partial charge in [-0.3, -0.25) is 0 Å². The van der Waals surface area contributed by atoms with Crippen LogP contribution in [0.4, 0.5) is 0 Å². The predicted molar refractivity (Wildman–Crippen MR) is 109 cm³/mol. The van der Waals surface area contributed by atoms with E-state index in [0.29, 0.717) is 79.3 Å². The van der Waals surface area contributed by atoms with Crippen LogP contribution in [0.5, 0.6) is 5.75 Å². The summed E-state index contributed by atoms with van der Waals surface area (Å²) < 4.78 is 37.5. The lowest BCUT2D eigenvalue weighted by atomic mass is 10.1. The number of hydrogen-bond donors (Lipinski definition) is 1. The van der Waals surface area contributed by atoms with Gasteiger partial charge in [-0.1, -0.05) is 12.1 Å². The van der Waals surface area contributed by atoms with Crippen LogP contribution in [0.1, 0.15) is 5.56 Å². The Morgan fingerprint density at radius 1 is 0.600 bits per heavy atom. The lowest BCUT2D eigenvalue weighted by Gasteiger charge is -2.09. The molecule has 3 N–H and O–H groups in total. The van der Waals surface area contributed by atoms with E-state index in [1.807, 2.05) is 12.1 Å². The van der Waals surface area contributed by atoms with Gasteiger partial charge in [-0.2, -0.15) is 0 Å². The molecule has 1 aromatic carbocycles. The van der Waals surface area contributed by atoms with Gasteiger partial charge >= 0.3 is 0 Å². The smallest absolute Gasteiger partial charge is 0.119 e. The summed E-state index contributed by atoms with van der Waals surface area (Å²) in [5, 5.41) is 0. The fraction of sp³-hybridized carbons (Fsp3) is 0.714. The van der Waals surface area contributed by atoms with Gasteiger partial charge in [0.2, 0.25) is 0 Å². The van der Waals surface area contributed by atoms with Gasteiger partial charge < -0.3 is 51.3 Å². The average molecular weight is 452 g/mol. The molecular weight excluding hydrogens is 414 g/mol. The Labute approximate surface area is 186 Å². The highest BCUT2D eigenvalue weighted by Gasteiger charge is 1.97. The molecule has 30 heavy (non-hydrogen) atoms. The molecule has 0 atom stereocenters. The van der Waals surface area contributed by atoms with Crippen molar-refractivity contribution in [2.75, 3.05) is 92.9 Å². The van der Waals surface area contributed by atoms with Crippen molar-refractivity contribution in [2.24, 2.45) is 0 Å². The second kappa shape index (κ2) is 22.7. The fourth-order valence-electron chi connectivity index (χ4n) is 2.30. The maximum atomic E-state index is 5.64. The van der Waals surface area contributed by atoms with E-state index in [1.54, 1.807) is 7.11 Å². The van der Waals surface area contributed by atoms with Crippen LogP contribution in [0.3, 0.4) is 0 Å². The van der Waals surface area contributed by atoms with Crippen molar-refractivity contribution in [1.82, 2.24) is 0 Å². The molecule has 0 aliphatic carbocycles. The zero-order valence-electron chi connectivity index (χ0n) is 18.2. The maximum Gasteiger partial charge on any atom is 0.119 e. The Morgan fingerprint density at radius 2 is 1.00 bits per heavy atom. The van der Waals surface area contributed by atoms with Crippen molar-refractivity contribution < 1.29 is 51.3 Å². The molecule has 0 aromatic heterocycles. The first-order chi connectivity index (χ1) is 14.4. The Bertz CT molecular complexity index is 465. The molecule has 176 valence electrons. The van der Waals surface area contributed by atoms with E-state index >= 15 is 0 Å². The van der Waals surface area contributed by atoms with Gasteiger partial charge in [0.05, 0.1) is 79.2 Å². The monoisotopic (exact) mass is 451 g/mol. The van der Waals surface area contributed by atoms with Crippen LogP contribution in [-0.2, 0) is 34.8 Å². The summed E-state index contributed by atoms with van der Waals surface area (Å²) in [5.74, 6) is 0.859. The van der Waals surface area contributed by atoms with Crippen LogP contribution in [0.2, 0.25) is 0 Å². The van der Waals surface area contributed by atoms with E-state index in [-0.39, 0.29) is 12.4 Å². The highest BCUT2D eigenvalue weighted by Crippen LogP contribution is 2.12. The first-order valence-corrected chi connectivity index (χ1v) is 10.3. The average Bonchev–Trinajstić information content (AvgIpc) is 2.74. The van der Waals surface area contributed by atoms with E-state index in [0.717, 1.165) is 18.7 Å². The molecule has 0 saturated carbocycles. The highest BCUT2D eigenvalue weighted by atomic mass is 35.5. The number of hydrogen-bond acceptors (Lipinski definition) is 7. The molecule has 0 amide bonds. The van der Waals surface area contributed by atoms with Gasteiger partial charge in [-0.15, -0.1) is 0 Å². The Hall–Kier alpha value is -0.970. The zero-order chi connectivity index (χ0) is 20.8. The number of ether oxygens (including phenoxy) is 7. The highest BCUT2D eigenvalue weighted by molar-refractivity contribution is 5.27. The SMILES string of the molecule is COCCOCCOCCOCCOCCOCCOc1ccc(CC[NH3+])cc1.[Cl-]. The lowest BCUT2D eigenvalue weighted by Crippen LogP contribution is -3.00. The van der Waals surface area contributed by atoms with Gasteiger partial charge in [0.15, 0.2) is 0 Å². The van der Waals surface area contributed by atoms with E-state index in [9.17, 15) is 0 Å². The number of benzene rings is 1. The second-order valence-corrected chi connectivity index (χ2v) is 6.15. The van der Waals surface area contributed by atoms with Crippen molar-refractivity contribution in [3.63, 3.8) is 0 Å². The minimum Gasteiger partial charge on any atom is -1.00 e. The third-order valence-corrected chi connectivity index (χ3v) is 3.81. The van der Waals surface area contributed by atoms with Crippen molar-refractivity contribution >= 4 is 0 Å². The van der Waals surface area contributed by atoms with Gasteiger partial charge in [0, 0.05) is 13.5 Å². The van der Waals surface area contributed by atoms with Crippen LogP contribution < -0.4 is 22.9 Å². The van der Waals surface area contributed by atoms with Crippen molar-refractivity contribution in [3.8, 4) is 5.75 Å². The molecule has 0 aliphatic heterocycles. The summed E-state index contributed by atoms with van der Waals surface area (Å²) in [5.41, 5.74) is 5.13. The lowest BCUT2D eigenvalue weighted by molar-refractivity contribution is -0.366. The standard InChI is InChI=1S/C21H37NO7.ClH/c1-23-8-9-24-10-11-25-12-13-26-14-15-27-16-17-28-18-19-29-21-4-2-20(3-5-21)6-7-22;/h2-5H,6-19,22H2,1H3;1H. The minimum atomic E-state index is 0. The Balaban J connectivity index is 0.00000841. The van der Waals surface area contributed by atoms with Crippen molar-refractivity contribution in [2.45, 2.75) is 6.42 Å². The predicted octanol–water partition coefficient (Wildman–Crippen LogP) is -2.42. The largest absolute Gasteiger partial charge is 1.00 e. The number of methoxy groups -OCH3 is 1. The first kappa shape index (κ1) is 29.0. The van der Waals surface area contributed by atoms with Gasteiger partial charge in [0.1, 0.15) is 12.4 Å². The molecule has 1 rings (SSSR count). The molecule has 0 radical (unpaired) electrons. The summed E-state index contributed by atoms with van der Waals surface area (Å²) in [6, 6.07) is 8.11. The van der Waals surface area contributed by atoms with Crippen molar-refractivity contribution in [1.29, 1.82) is 0 Å². The fourth-order valence-corrected chi connectivity index (χ4v) is 2.30. The third kappa shape index (κ3) is 17.9. The molecule has 9 heteroatoms. The molecule has 0 saturated heterocycles. The number of quaternary nitrogens is 1. The first-order valence-electron chi connectivity index (χ1n) is 10.3. The maximum absolute atomic E-state index is 5.64. The summed E-state index contributed by atoms with van der Waals surface area (Å²) in [7, 11) is 1.65. The van der Waals surface area contributed by atoms with Crippen LogP contribution in [0.15, 0.2) is 24.3 Å². The summed E-state index contributed by atoms with van der Waals surface area (Å²) >= 11 is 0. The summed E-state index contributed by atoms with van der Waals surface area (Å²) in [6.07, 6.45) is 0.993. The van der Waals surface area contributed by atoms with Crippen molar-refractivity contribution in [3.05, 3.63) is 29.8 Å². The van der Waals surface area contributed by atoms with Gasteiger partial charge in [-0.05, 0) is 17.7 Å². The van der Waals surface area contributed by atoms with E-state index in [4.69, 9.17) is 33.2 Å². The molecule has 0 fully saturated rings. The van der Waals surface area contributed by atoms with Crippen LogP contribution >= 0.6 is 0 Å². The second-order valence-electron chi connectivity index (χ2n) is 6.15. The zero-order valence-corrected chi connectivity index (χ0v) is 18.9. The molecule has 0 spiro atoms. The normalized spacial score (nSPS) is 10.7. The Kier molecular flexibility index (Phi) is 22.0. The molecule has 0 aliphatic rings. The quantitative estimate of drug-likeness (QED) is 0.208. The van der Waals surface area contributed by atoms with E-state index in [1.165, 1.54) is 5.56 Å². The van der Waals surface area contributed by atoms with Gasteiger partial charge in [-0.25, -0.2) is 0 Å². The van der Waals surface area contributed by atoms with E-state index < -0.39 is 0 Å². The van der Waals surface area contributed by atoms with Crippen LogP contribution in [0, 0.1) is 0 Å². The minimum absolute atomic E-state index is 0. The molecule has 1 aromatic rings. The topological polar surface area (TPSA) is 92.3 Å². The summed E-state index contributed by atoms with van der Waals surface area (Å²) in [4.78, 5) is 0. The third-order valence-electron chi connectivity index (χ3n) is 3.81. The molecule has 0 bridgehead atoms. The van der Waals surface area contributed by atoms with E-state index in [2.05, 4.69) is 17.9 Å². The molecular formula is C21H38ClNO7. The molecule has 8 nitrogen and oxygen atoms in total. The summed E-state index contributed by atoms with van der Waals surface area (Å²) in [6.45, 7) is 7.55. The van der Waals surface area contributed by atoms with Crippen LogP contribution in [-0.4, -0.2) is 92.9 Å². The van der Waals surface area contributed by atoms with Gasteiger partial charge in [0.25, 0.3) is 0 Å².